The Balaban J connectivity index is 1.64. The van der Waals surface area contributed by atoms with Gasteiger partial charge >= 0.3 is 0 Å². The Morgan fingerprint density at radius 3 is 2.57 bits per heavy atom. The molecule has 0 aliphatic heterocycles. The third-order valence-corrected chi connectivity index (χ3v) is 4.55. The average Bonchev–Trinajstić information content (AvgIpc) is 2.70. The molecular formula is C23H17FN2O2. The Labute approximate surface area is 160 Å². The summed E-state index contributed by atoms with van der Waals surface area (Å²) >= 11 is 0. The summed E-state index contributed by atoms with van der Waals surface area (Å²) in [6.07, 6.45) is 1.53. The molecule has 0 spiro atoms. The highest BCUT2D eigenvalue weighted by atomic mass is 19.1. The number of halogens is 1. The molecule has 0 aliphatic carbocycles. The molecule has 0 saturated heterocycles. The highest BCUT2D eigenvalue weighted by Crippen LogP contribution is 2.19. The molecule has 0 bridgehead atoms. The highest BCUT2D eigenvalue weighted by Gasteiger charge is 2.10. The predicted octanol–water partition coefficient (Wildman–Crippen LogP) is 4.44. The van der Waals surface area contributed by atoms with E-state index < -0.39 is 11.7 Å². The van der Waals surface area contributed by atoms with Gasteiger partial charge in [-0.25, -0.2) is 4.39 Å². The first-order chi connectivity index (χ1) is 13.6. The van der Waals surface area contributed by atoms with Gasteiger partial charge in [-0.15, -0.1) is 0 Å². The Morgan fingerprint density at radius 1 is 0.929 bits per heavy atom. The lowest BCUT2D eigenvalue weighted by atomic mass is 10.0. The van der Waals surface area contributed by atoms with Crippen LogP contribution in [-0.2, 0) is 6.54 Å². The minimum atomic E-state index is -0.432. The van der Waals surface area contributed by atoms with Gasteiger partial charge in [-0.05, 0) is 40.6 Å². The summed E-state index contributed by atoms with van der Waals surface area (Å²) in [5.41, 5.74) is 1.47. The average molecular weight is 372 g/mol. The van der Waals surface area contributed by atoms with Crippen LogP contribution >= 0.6 is 0 Å². The van der Waals surface area contributed by atoms with Crippen LogP contribution in [0.1, 0.15) is 15.9 Å². The maximum atomic E-state index is 13.3. The van der Waals surface area contributed by atoms with Crippen molar-refractivity contribution in [2.45, 2.75) is 6.54 Å². The second-order valence-electron chi connectivity index (χ2n) is 6.49. The molecule has 0 fully saturated rings. The summed E-state index contributed by atoms with van der Waals surface area (Å²) in [6.45, 7) is 0.348. The first-order valence-corrected chi connectivity index (χ1v) is 8.84. The normalized spacial score (nSPS) is 10.8. The number of rotatable bonds is 4. The van der Waals surface area contributed by atoms with Gasteiger partial charge < -0.3 is 9.88 Å². The number of aromatic nitrogens is 1. The molecule has 138 valence electrons. The number of carbonyl (C=O) groups is 1. The lowest BCUT2D eigenvalue weighted by Crippen LogP contribution is -2.22. The zero-order valence-corrected chi connectivity index (χ0v) is 14.9. The van der Waals surface area contributed by atoms with Crippen molar-refractivity contribution in [3.05, 3.63) is 112 Å². The molecule has 1 N–H and O–H groups in total. The van der Waals surface area contributed by atoms with Crippen LogP contribution in [0.2, 0.25) is 0 Å². The minimum absolute atomic E-state index is 0.199. The second kappa shape index (κ2) is 7.48. The molecule has 4 nitrogen and oxygen atoms in total. The number of carbonyl (C=O) groups excluding carboxylic acids is 1. The van der Waals surface area contributed by atoms with Crippen LogP contribution in [0.25, 0.3) is 10.8 Å². The number of nitrogens with one attached hydrogen (secondary N) is 1. The number of anilines is 1. The van der Waals surface area contributed by atoms with Gasteiger partial charge in [0.2, 0.25) is 0 Å². The molecule has 5 heteroatoms. The fraction of sp³-hybridized carbons (Fsp3) is 0.0435. The number of nitrogens with zero attached hydrogens (tertiary/aromatic N) is 1. The van der Waals surface area contributed by atoms with Crippen molar-refractivity contribution in [1.29, 1.82) is 0 Å². The standard InChI is InChI=1S/C23H17FN2O2/c24-19-8-4-9-20(13-19)25-23(28)18-11-12-22(27)26(15-18)14-17-7-3-6-16-5-1-2-10-21(16)17/h1-13,15H,14H2,(H,25,28). The molecule has 1 aromatic heterocycles. The molecule has 1 amide bonds. The van der Waals surface area contributed by atoms with Gasteiger partial charge in [-0.3, -0.25) is 9.59 Å². The van der Waals surface area contributed by atoms with E-state index >= 15 is 0 Å². The number of pyridine rings is 1. The third-order valence-electron chi connectivity index (χ3n) is 4.55. The maximum absolute atomic E-state index is 13.3. The van der Waals surface area contributed by atoms with Crippen molar-refractivity contribution in [1.82, 2.24) is 4.57 Å². The third kappa shape index (κ3) is 3.69. The van der Waals surface area contributed by atoms with Crippen molar-refractivity contribution in [2.75, 3.05) is 5.32 Å². The van der Waals surface area contributed by atoms with Crippen LogP contribution in [0, 0.1) is 5.82 Å². The largest absolute Gasteiger partial charge is 0.322 e. The lowest BCUT2D eigenvalue weighted by molar-refractivity contribution is 0.102. The van der Waals surface area contributed by atoms with Crippen LogP contribution in [0.4, 0.5) is 10.1 Å². The summed E-state index contributed by atoms with van der Waals surface area (Å²) in [5.74, 6) is -0.837. The zero-order chi connectivity index (χ0) is 19.5. The quantitative estimate of drug-likeness (QED) is 0.576. The summed E-state index contributed by atoms with van der Waals surface area (Å²) in [4.78, 5) is 24.8. The minimum Gasteiger partial charge on any atom is -0.322 e. The van der Waals surface area contributed by atoms with E-state index in [0.717, 1.165) is 16.3 Å². The summed E-state index contributed by atoms with van der Waals surface area (Å²) in [7, 11) is 0. The molecule has 4 aromatic rings. The van der Waals surface area contributed by atoms with Gasteiger partial charge in [-0.1, -0.05) is 48.5 Å². The predicted molar refractivity (Wildman–Crippen MR) is 108 cm³/mol. The summed E-state index contributed by atoms with van der Waals surface area (Å²) < 4.78 is 14.8. The van der Waals surface area contributed by atoms with Gasteiger partial charge in [0, 0.05) is 18.0 Å². The van der Waals surface area contributed by atoms with Crippen LogP contribution < -0.4 is 10.9 Å². The molecule has 28 heavy (non-hydrogen) atoms. The smallest absolute Gasteiger partial charge is 0.257 e. The Kier molecular flexibility index (Phi) is 4.72. The van der Waals surface area contributed by atoms with E-state index in [2.05, 4.69) is 5.32 Å². The first-order valence-electron chi connectivity index (χ1n) is 8.84. The zero-order valence-electron chi connectivity index (χ0n) is 14.9. The van der Waals surface area contributed by atoms with Crippen LogP contribution in [-0.4, -0.2) is 10.5 Å². The van der Waals surface area contributed by atoms with E-state index in [1.165, 1.54) is 41.1 Å². The number of amides is 1. The van der Waals surface area contributed by atoms with Gasteiger partial charge in [0.05, 0.1) is 12.1 Å². The van der Waals surface area contributed by atoms with Crippen molar-refractivity contribution in [3.63, 3.8) is 0 Å². The highest BCUT2D eigenvalue weighted by molar-refractivity contribution is 6.04. The Bertz CT molecular complexity index is 1230. The van der Waals surface area contributed by atoms with Crippen molar-refractivity contribution >= 4 is 22.4 Å². The molecule has 1 heterocycles. The molecule has 0 aliphatic rings. The fourth-order valence-corrected chi connectivity index (χ4v) is 3.17. The van der Waals surface area contributed by atoms with Crippen LogP contribution in [0.15, 0.2) is 89.9 Å². The first kappa shape index (κ1) is 17.7. The van der Waals surface area contributed by atoms with Crippen molar-refractivity contribution in [2.24, 2.45) is 0 Å². The van der Waals surface area contributed by atoms with Crippen molar-refractivity contribution < 1.29 is 9.18 Å². The number of hydrogen-bond acceptors (Lipinski definition) is 2. The van der Waals surface area contributed by atoms with Gasteiger partial charge in [-0.2, -0.15) is 0 Å². The van der Waals surface area contributed by atoms with E-state index in [-0.39, 0.29) is 5.56 Å². The van der Waals surface area contributed by atoms with E-state index in [9.17, 15) is 14.0 Å². The van der Waals surface area contributed by atoms with E-state index in [4.69, 9.17) is 0 Å². The number of hydrogen-bond donors (Lipinski definition) is 1. The summed E-state index contributed by atoms with van der Waals surface area (Å²) in [5, 5.41) is 4.80. The van der Waals surface area contributed by atoms with Crippen LogP contribution in [0.5, 0.6) is 0 Å². The monoisotopic (exact) mass is 372 g/mol. The van der Waals surface area contributed by atoms with Gasteiger partial charge in [0.15, 0.2) is 0 Å². The Morgan fingerprint density at radius 2 is 1.71 bits per heavy atom. The van der Waals surface area contributed by atoms with Gasteiger partial charge in [0.25, 0.3) is 11.5 Å². The second-order valence-corrected chi connectivity index (χ2v) is 6.49. The van der Waals surface area contributed by atoms with E-state index in [1.807, 2.05) is 42.5 Å². The molecule has 4 rings (SSSR count). The van der Waals surface area contributed by atoms with E-state index in [1.54, 1.807) is 6.07 Å². The molecule has 0 unspecified atom stereocenters. The van der Waals surface area contributed by atoms with Crippen LogP contribution in [0.3, 0.4) is 0 Å². The lowest BCUT2D eigenvalue weighted by Gasteiger charge is -2.11. The van der Waals surface area contributed by atoms with Crippen molar-refractivity contribution in [3.8, 4) is 0 Å². The number of fused-ring (bicyclic) bond motifs is 1. The number of benzene rings is 3. The molecule has 0 saturated carbocycles. The molecule has 0 radical (unpaired) electrons. The summed E-state index contributed by atoms with van der Waals surface area (Å²) in [6, 6.07) is 22.4. The SMILES string of the molecule is O=C(Nc1cccc(F)c1)c1ccc(=O)n(Cc2cccc3ccccc23)c1. The fourth-order valence-electron chi connectivity index (χ4n) is 3.17. The topological polar surface area (TPSA) is 51.1 Å². The molecule has 3 aromatic carbocycles. The molecular weight excluding hydrogens is 355 g/mol. The maximum Gasteiger partial charge on any atom is 0.257 e. The van der Waals surface area contributed by atoms with Gasteiger partial charge in [0.1, 0.15) is 5.82 Å². The Hall–Kier alpha value is -3.73. The van der Waals surface area contributed by atoms with E-state index in [0.29, 0.717) is 17.8 Å². The molecule has 0 atom stereocenters.